The molecule has 1 fully saturated rings. The van der Waals surface area contributed by atoms with Crippen LogP contribution < -0.4 is 10.1 Å². The summed E-state index contributed by atoms with van der Waals surface area (Å²) >= 11 is 6.65. The Hall–Kier alpha value is -2.73. The van der Waals surface area contributed by atoms with Crippen molar-refractivity contribution >= 4 is 23.3 Å². The van der Waals surface area contributed by atoms with Crippen molar-refractivity contribution in [1.82, 2.24) is 19.6 Å². The maximum atomic E-state index is 12.4. The maximum absolute atomic E-state index is 12.4. The number of carbonyl (C=O) groups excluding carboxylic acids is 1. The minimum Gasteiger partial charge on any atom is -0.487 e. The number of benzene rings is 1. The summed E-state index contributed by atoms with van der Waals surface area (Å²) in [6.45, 7) is 6.39. The molecule has 1 saturated heterocycles. The lowest BCUT2D eigenvalue weighted by Crippen LogP contribution is -2.53. The summed E-state index contributed by atoms with van der Waals surface area (Å²) in [5.41, 5.74) is 3.95. The zero-order chi connectivity index (χ0) is 22.3. The molecule has 0 radical (unpaired) electrons. The lowest BCUT2D eigenvalue weighted by atomic mass is 9.82. The summed E-state index contributed by atoms with van der Waals surface area (Å²) in [5, 5.41) is 3.69. The van der Waals surface area contributed by atoms with Crippen LogP contribution in [0.1, 0.15) is 38.7 Å². The molecule has 6 nitrogen and oxygen atoms in total. The number of aryl methyl sites for hydroxylation is 1. The Kier molecular flexibility index (Phi) is 5.49. The summed E-state index contributed by atoms with van der Waals surface area (Å²) < 4.78 is 8.45. The average molecular weight is 453 g/mol. The Morgan fingerprint density at radius 2 is 2.03 bits per heavy atom. The predicted molar refractivity (Wildman–Crippen MR) is 126 cm³/mol. The highest BCUT2D eigenvalue weighted by molar-refractivity contribution is 6.32. The van der Waals surface area contributed by atoms with E-state index in [-0.39, 0.29) is 11.6 Å². The van der Waals surface area contributed by atoms with Crippen molar-refractivity contribution in [3.05, 3.63) is 53.4 Å². The zero-order valence-corrected chi connectivity index (χ0v) is 19.4. The maximum Gasteiger partial charge on any atom is 0.317 e. The molecule has 7 heteroatoms. The molecule has 0 unspecified atom stereocenters. The van der Waals surface area contributed by atoms with Crippen LogP contribution in [0.2, 0.25) is 5.15 Å². The second kappa shape index (κ2) is 8.32. The molecule has 2 aromatic heterocycles. The van der Waals surface area contributed by atoms with E-state index in [0.717, 1.165) is 61.3 Å². The van der Waals surface area contributed by atoms with Crippen LogP contribution in [0.4, 0.5) is 4.79 Å². The molecule has 2 amide bonds. The molecule has 1 N–H and O–H groups in total. The van der Waals surface area contributed by atoms with E-state index in [9.17, 15) is 4.79 Å². The van der Waals surface area contributed by atoms with Gasteiger partial charge in [0.05, 0.1) is 0 Å². The Balaban J connectivity index is 1.29. The van der Waals surface area contributed by atoms with Crippen molar-refractivity contribution in [3.63, 3.8) is 0 Å². The predicted octanol–water partition coefficient (Wildman–Crippen LogP) is 5.18. The Morgan fingerprint density at radius 1 is 1.22 bits per heavy atom. The number of fused-ring (bicyclic) bond motifs is 2. The van der Waals surface area contributed by atoms with Gasteiger partial charge in [-0.25, -0.2) is 9.78 Å². The van der Waals surface area contributed by atoms with Crippen LogP contribution in [0, 0.1) is 5.92 Å². The molecule has 0 atom stereocenters. The van der Waals surface area contributed by atoms with Crippen LogP contribution in [0.25, 0.3) is 16.8 Å². The summed E-state index contributed by atoms with van der Waals surface area (Å²) in [6.07, 6.45) is 7.30. The molecule has 32 heavy (non-hydrogen) atoms. The third-order valence-corrected chi connectivity index (χ3v) is 7.06. The van der Waals surface area contributed by atoms with Crippen LogP contribution >= 0.6 is 11.6 Å². The second-order valence-electron chi connectivity index (χ2n) is 9.37. The third kappa shape index (κ3) is 3.92. The topological polar surface area (TPSA) is 58.9 Å². The van der Waals surface area contributed by atoms with Gasteiger partial charge in [-0.05, 0) is 54.2 Å². The third-order valence-electron chi connectivity index (χ3n) is 6.67. The van der Waals surface area contributed by atoms with Gasteiger partial charge in [0.15, 0.2) is 0 Å². The number of halogens is 1. The molecule has 3 aromatic rings. The molecule has 2 aliphatic heterocycles. The van der Waals surface area contributed by atoms with Crippen molar-refractivity contribution in [1.29, 1.82) is 0 Å². The van der Waals surface area contributed by atoms with Gasteiger partial charge in [0, 0.05) is 50.4 Å². The number of hydrogen-bond donors (Lipinski definition) is 1. The number of carbonyl (C=O) groups is 1. The fourth-order valence-electron chi connectivity index (χ4n) is 4.74. The van der Waals surface area contributed by atoms with E-state index in [1.807, 2.05) is 27.6 Å². The Morgan fingerprint density at radius 3 is 2.81 bits per heavy atom. The molecule has 0 bridgehead atoms. The van der Waals surface area contributed by atoms with E-state index in [1.54, 1.807) is 6.20 Å². The van der Waals surface area contributed by atoms with Crippen molar-refractivity contribution in [3.8, 4) is 16.9 Å². The van der Waals surface area contributed by atoms with E-state index in [0.29, 0.717) is 17.6 Å². The zero-order valence-electron chi connectivity index (χ0n) is 18.6. The van der Waals surface area contributed by atoms with Crippen LogP contribution in [0.15, 0.2) is 42.7 Å². The summed E-state index contributed by atoms with van der Waals surface area (Å²) in [6, 6.07) is 10.4. The number of aromatic nitrogens is 2. The molecular formula is C25H29ClN4O2. The number of urea groups is 1. The normalized spacial score (nSPS) is 17.4. The lowest BCUT2D eigenvalue weighted by molar-refractivity contribution is -0.00552. The van der Waals surface area contributed by atoms with E-state index < -0.39 is 0 Å². The molecule has 0 aliphatic carbocycles. The largest absolute Gasteiger partial charge is 0.487 e. The van der Waals surface area contributed by atoms with E-state index in [1.165, 1.54) is 5.56 Å². The molecule has 0 saturated carbocycles. The molecule has 168 valence electrons. The van der Waals surface area contributed by atoms with Gasteiger partial charge in [-0.3, -0.25) is 4.40 Å². The number of piperidine rings is 1. The number of imidazole rings is 1. The first-order chi connectivity index (χ1) is 15.4. The molecule has 4 heterocycles. The highest BCUT2D eigenvalue weighted by Gasteiger charge is 2.40. The van der Waals surface area contributed by atoms with E-state index in [4.69, 9.17) is 16.3 Å². The standard InChI is InChI=1S/C25H29ClN4O2/c1-17(2)16-28-24(31)29-12-9-25(10-13-29)8-7-19-15-18(3-5-21(19)32-25)20-4-6-22-27-11-14-30(22)23(20)26/h3-6,11,14-15,17H,7-10,12-13,16H2,1-2H3,(H,28,31). The lowest BCUT2D eigenvalue weighted by Gasteiger charge is -2.44. The first-order valence-electron chi connectivity index (χ1n) is 11.4. The Labute approximate surface area is 193 Å². The van der Waals surface area contributed by atoms with Crippen molar-refractivity contribution in [2.45, 2.75) is 45.1 Å². The van der Waals surface area contributed by atoms with Crippen molar-refractivity contribution < 1.29 is 9.53 Å². The van der Waals surface area contributed by atoms with Crippen LogP contribution in [-0.2, 0) is 6.42 Å². The van der Waals surface area contributed by atoms with Gasteiger partial charge >= 0.3 is 6.03 Å². The number of ether oxygens (including phenoxy) is 1. The molecule has 5 rings (SSSR count). The fourth-order valence-corrected chi connectivity index (χ4v) is 5.05. The Bertz CT molecular complexity index is 1150. The molecule has 1 spiro atoms. The number of pyridine rings is 1. The number of likely N-dealkylation sites (tertiary alicyclic amines) is 1. The SMILES string of the molecule is CC(C)CNC(=O)N1CCC2(CCc3cc(-c4ccc5nccn5c4Cl)ccc3O2)CC1. The van der Waals surface area contributed by atoms with Crippen molar-refractivity contribution in [2.75, 3.05) is 19.6 Å². The first kappa shape index (κ1) is 21.1. The molecular weight excluding hydrogens is 424 g/mol. The first-order valence-corrected chi connectivity index (χ1v) is 11.8. The van der Waals surface area contributed by atoms with Gasteiger partial charge in [-0.1, -0.05) is 31.5 Å². The van der Waals surface area contributed by atoms with Gasteiger partial charge in [0.1, 0.15) is 22.2 Å². The second-order valence-corrected chi connectivity index (χ2v) is 9.73. The smallest absolute Gasteiger partial charge is 0.317 e. The monoisotopic (exact) mass is 452 g/mol. The average Bonchev–Trinajstić information content (AvgIpc) is 3.28. The van der Waals surface area contributed by atoms with E-state index >= 15 is 0 Å². The van der Waals surface area contributed by atoms with Crippen LogP contribution in [0.5, 0.6) is 5.75 Å². The number of rotatable bonds is 3. The van der Waals surface area contributed by atoms with Gasteiger partial charge in [-0.2, -0.15) is 0 Å². The number of nitrogens with zero attached hydrogens (tertiary/aromatic N) is 3. The minimum atomic E-state index is -0.170. The number of nitrogens with one attached hydrogen (secondary N) is 1. The number of amides is 2. The van der Waals surface area contributed by atoms with Gasteiger partial charge in [0.2, 0.25) is 0 Å². The summed E-state index contributed by atoms with van der Waals surface area (Å²) in [4.78, 5) is 18.6. The summed E-state index contributed by atoms with van der Waals surface area (Å²) in [5.74, 6) is 1.41. The van der Waals surface area contributed by atoms with Crippen molar-refractivity contribution in [2.24, 2.45) is 5.92 Å². The summed E-state index contributed by atoms with van der Waals surface area (Å²) in [7, 11) is 0. The quantitative estimate of drug-likeness (QED) is 0.557. The van der Waals surface area contributed by atoms with Gasteiger partial charge in [0.25, 0.3) is 0 Å². The van der Waals surface area contributed by atoms with Crippen LogP contribution in [-0.4, -0.2) is 45.6 Å². The van der Waals surface area contributed by atoms with E-state index in [2.05, 4.69) is 42.3 Å². The highest BCUT2D eigenvalue weighted by Crippen LogP contribution is 2.41. The molecule has 2 aliphatic rings. The minimum absolute atomic E-state index is 0.0427. The highest BCUT2D eigenvalue weighted by atomic mass is 35.5. The number of hydrogen-bond acceptors (Lipinski definition) is 3. The van der Waals surface area contributed by atoms with Crippen LogP contribution in [0.3, 0.4) is 0 Å². The fraction of sp³-hybridized carbons (Fsp3) is 0.440. The molecule has 1 aromatic carbocycles. The van der Waals surface area contributed by atoms with Gasteiger partial charge in [-0.15, -0.1) is 0 Å². The van der Waals surface area contributed by atoms with Gasteiger partial charge < -0.3 is 15.0 Å².